The molecule has 2 atom stereocenters. The molecular formula is C15H25NO6. The summed E-state index contributed by atoms with van der Waals surface area (Å²) in [6.45, 7) is 12.6. The Kier molecular flexibility index (Phi) is 5.96. The van der Waals surface area contributed by atoms with Crippen LogP contribution in [0.15, 0.2) is 12.2 Å². The van der Waals surface area contributed by atoms with Crippen LogP contribution in [0.2, 0.25) is 0 Å². The number of carbonyl (C=O) groups excluding carboxylic acids is 2. The smallest absolute Gasteiger partial charge is 0.439 e. The maximum Gasteiger partial charge on any atom is 0.508 e. The molecule has 1 rings (SSSR count). The number of ether oxygens (including phenoxy) is 3. The first kappa shape index (κ1) is 18.4. The second-order valence-corrected chi connectivity index (χ2v) is 6.22. The van der Waals surface area contributed by atoms with Gasteiger partial charge >= 0.3 is 12.1 Å². The summed E-state index contributed by atoms with van der Waals surface area (Å²) in [6.07, 6.45) is -0.0680. The molecule has 7 heteroatoms. The van der Waals surface area contributed by atoms with Crippen LogP contribution >= 0.6 is 0 Å². The van der Waals surface area contributed by atoms with Crippen molar-refractivity contribution < 1.29 is 28.6 Å². The highest BCUT2D eigenvalue weighted by atomic mass is 16.8. The molecule has 126 valence electrons. The van der Waals surface area contributed by atoms with Gasteiger partial charge < -0.3 is 14.2 Å². The van der Waals surface area contributed by atoms with Gasteiger partial charge in [0.25, 0.3) is 0 Å². The first-order chi connectivity index (χ1) is 10.1. The molecule has 1 saturated heterocycles. The number of hydroxylamine groups is 1. The summed E-state index contributed by atoms with van der Waals surface area (Å²) >= 11 is 0. The van der Waals surface area contributed by atoms with E-state index < -0.39 is 23.5 Å². The van der Waals surface area contributed by atoms with Gasteiger partial charge in [0.15, 0.2) is 5.72 Å². The molecule has 2 unspecified atom stereocenters. The Morgan fingerprint density at radius 2 is 2.09 bits per heavy atom. The summed E-state index contributed by atoms with van der Waals surface area (Å²) in [7, 11) is 0. The minimum absolute atomic E-state index is 0.210. The zero-order valence-corrected chi connectivity index (χ0v) is 13.9. The highest BCUT2D eigenvalue weighted by Crippen LogP contribution is 2.23. The van der Waals surface area contributed by atoms with E-state index in [0.717, 1.165) is 0 Å². The third-order valence-corrected chi connectivity index (χ3v) is 3.25. The Morgan fingerprint density at radius 1 is 1.45 bits per heavy atom. The normalized spacial score (nSPS) is 20.8. The molecule has 22 heavy (non-hydrogen) atoms. The topological polar surface area (TPSA) is 83.1 Å². The maximum absolute atomic E-state index is 11.7. The molecule has 0 aliphatic carbocycles. The van der Waals surface area contributed by atoms with Crippen molar-refractivity contribution in [2.75, 3.05) is 6.61 Å². The molecule has 0 aromatic rings. The van der Waals surface area contributed by atoms with Gasteiger partial charge in [0.05, 0.1) is 5.60 Å². The van der Waals surface area contributed by atoms with Crippen LogP contribution in [0.1, 0.15) is 47.5 Å². The van der Waals surface area contributed by atoms with Crippen molar-refractivity contribution >= 4 is 12.1 Å². The molecule has 0 aromatic heterocycles. The number of cyclic esters (lactones) is 2. The molecule has 0 aromatic carbocycles. The Balaban J connectivity index is 2.54. The van der Waals surface area contributed by atoms with Crippen molar-refractivity contribution in [3.05, 3.63) is 12.2 Å². The zero-order chi connectivity index (χ0) is 17.0. The number of rotatable bonds is 8. The van der Waals surface area contributed by atoms with Crippen molar-refractivity contribution in [1.29, 1.82) is 0 Å². The largest absolute Gasteiger partial charge is 0.508 e. The van der Waals surface area contributed by atoms with Gasteiger partial charge in [-0.05, 0) is 27.7 Å². The molecular weight excluding hydrogens is 290 g/mol. The van der Waals surface area contributed by atoms with Crippen LogP contribution in [0, 0.1) is 0 Å². The van der Waals surface area contributed by atoms with Gasteiger partial charge in [-0.15, -0.1) is 0 Å². The first-order valence-electron chi connectivity index (χ1n) is 7.24. The molecule has 1 N–H and O–H groups in total. The molecule has 0 saturated carbocycles. The number of carbonyl (C=O) groups is 2. The third-order valence-electron chi connectivity index (χ3n) is 3.25. The Morgan fingerprint density at radius 3 is 2.55 bits per heavy atom. The van der Waals surface area contributed by atoms with Gasteiger partial charge in [0, 0.05) is 18.4 Å². The van der Waals surface area contributed by atoms with E-state index in [0.29, 0.717) is 18.4 Å². The van der Waals surface area contributed by atoms with Crippen LogP contribution in [0.3, 0.4) is 0 Å². The van der Waals surface area contributed by atoms with E-state index in [4.69, 9.17) is 19.0 Å². The van der Waals surface area contributed by atoms with Crippen LogP contribution in [0.4, 0.5) is 4.79 Å². The van der Waals surface area contributed by atoms with Crippen LogP contribution < -0.4 is 5.48 Å². The van der Waals surface area contributed by atoms with Crippen molar-refractivity contribution in [2.45, 2.75) is 64.9 Å². The molecule has 0 amide bonds. The maximum atomic E-state index is 11.7. The van der Waals surface area contributed by atoms with Gasteiger partial charge in [-0.3, -0.25) is 4.84 Å². The lowest BCUT2D eigenvalue weighted by molar-refractivity contribution is -0.207. The SMILES string of the molecule is C=C(C)C(=O)OC(C)(CC)NOC(C)(C)CC1COC(=O)O1. The van der Waals surface area contributed by atoms with Crippen LogP contribution in [-0.4, -0.2) is 36.2 Å². The highest BCUT2D eigenvalue weighted by Gasteiger charge is 2.35. The predicted molar refractivity (Wildman–Crippen MR) is 78.7 cm³/mol. The molecule has 1 fully saturated rings. The number of hydrogen-bond acceptors (Lipinski definition) is 7. The fraction of sp³-hybridized carbons (Fsp3) is 0.733. The average molecular weight is 315 g/mol. The highest BCUT2D eigenvalue weighted by molar-refractivity contribution is 5.87. The molecule has 1 aliphatic rings. The monoisotopic (exact) mass is 315 g/mol. The summed E-state index contributed by atoms with van der Waals surface area (Å²) < 4.78 is 15.1. The van der Waals surface area contributed by atoms with Gasteiger partial charge in [-0.1, -0.05) is 13.5 Å². The van der Waals surface area contributed by atoms with Gasteiger partial charge in [-0.2, -0.15) is 5.48 Å². The molecule has 1 heterocycles. The van der Waals surface area contributed by atoms with E-state index >= 15 is 0 Å². The van der Waals surface area contributed by atoms with E-state index in [9.17, 15) is 9.59 Å². The fourth-order valence-corrected chi connectivity index (χ4v) is 1.76. The van der Waals surface area contributed by atoms with Gasteiger partial charge in [-0.25, -0.2) is 9.59 Å². The van der Waals surface area contributed by atoms with Crippen molar-refractivity contribution in [1.82, 2.24) is 5.48 Å². The minimum atomic E-state index is -0.976. The number of hydrogen-bond donors (Lipinski definition) is 1. The van der Waals surface area contributed by atoms with Crippen LogP contribution in [0.25, 0.3) is 0 Å². The standard InChI is InChI=1S/C15H25NO6/c1-7-15(6,21-12(17)10(2)3)16-22-14(4,5)8-11-9-19-13(18)20-11/h11,16H,2,7-9H2,1,3-6H3. The van der Waals surface area contributed by atoms with Crippen molar-refractivity contribution in [3.8, 4) is 0 Å². The van der Waals surface area contributed by atoms with E-state index in [1.165, 1.54) is 0 Å². The molecule has 0 bridgehead atoms. The summed E-state index contributed by atoms with van der Waals surface area (Å²) in [5.74, 6) is -0.489. The zero-order valence-electron chi connectivity index (χ0n) is 13.9. The Labute approximate surface area is 130 Å². The van der Waals surface area contributed by atoms with Gasteiger partial charge in [0.1, 0.15) is 12.7 Å². The molecule has 0 spiro atoms. The Bertz CT molecular complexity index is 447. The van der Waals surface area contributed by atoms with Crippen molar-refractivity contribution in [3.63, 3.8) is 0 Å². The Hall–Kier alpha value is -1.60. The van der Waals surface area contributed by atoms with Crippen molar-refractivity contribution in [2.24, 2.45) is 0 Å². The van der Waals surface area contributed by atoms with E-state index in [2.05, 4.69) is 12.1 Å². The number of nitrogens with one attached hydrogen (secondary N) is 1. The summed E-state index contributed by atoms with van der Waals surface area (Å²) in [5, 5.41) is 0. The van der Waals surface area contributed by atoms with E-state index in [1.807, 2.05) is 20.8 Å². The van der Waals surface area contributed by atoms with Crippen LogP contribution in [-0.2, 0) is 23.8 Å². The van der Waals surface area contributed by atoms with E-state index in [-0.39, 0.29) is 12.7 Å². The second-order valence-electron chi connectivity index (χ2n) is 6.22. The molecule has 0 radical (unpaired) electrons. The predicted octanol–water partition coefficient (Wildman–Crippen LogP) is 2.46. The molecule has 7 nitrogen and oxygen atoms in total. The average Bonchev–Trinajstić information content (AvgIpc) is 2.81. The number of esters is 1. The van der Waals surface area contributed by atoms with Crippen LogP contribution in [0.5, 0.6) is 0 Å². The lowest BCUT2D eigenvalue weighted by atomic mass is 10.0. The molecule has 1 aliphatic heterocycles. The quantitative estimate of drug-likeness (QED) is 0.319. The summed E-state index contributed by atoms with van der Waals surface area (Å²) in [4.78, 5) is 28.2. The fourth-order valence-electron chi connectivity index (χ4n) is 1.76. The summed E-state index contributed by atoms with van der Waals surface area (Å²) in [5.41, 5.74) is 1.48. The lowest BCUT2D eigenvalue weighted by Gasteiger charge is -2.34. The lowest BCUT2D eigenvalue weighted by Crippen LogP contribution is -2.50. The van der Waals surface area contributed by atoms with Gasteiger partial charge in [0.2, 0.25) is 0 Å². The third kappa shape index (κ3) is 5.65. The second kappa shape index (κ2) is 7.11. The first-order valence-corrected chi connectivity index (χ1v) is 7.24. The van der Waals surface area contributed by atoms with E-state index in [1.54, 1.807) is 13.8 Å². The minimum Gasteiger partial charge on any atom is -0.439 e. The summed E-state index contributed by atoms with van der Waals surface area (Å²) in [6, 6.07) is 0.